The van der Waals surface area contributed by atoms with E-state index >= 15 is 0 Å². The van der Waals surface area contributed by atoms with E-state index in [1.807, 2.05) is 4.90 Å². The highest BCUT2D eigenvalue weighted by atomic mass is 16.2. The number of amides is 1. The number of carbonyl (C=O) groups is 1. The fourth-order valence-electron chi connectivity index (χ4n) is 4.01. The molecule has 0 radical (unpaired) electrons. The molecule has 2 heterocycles. The van der Waals surface area contributed by atoms with Gasteiger partial charge in [0.15, 0.2) is 0 Å². The summed E-state index contributed by atoms with van der Waals surface area (Å²) < 4.78 is 0. The van der Waals surface area contributed by atoms with E-state index in [0.29, 0.717) is 6.04 Å². The van der Waals surface area contributed by atoms with E-state index in [1.54, 1.807) is 6.92 Å². The summed E-state index contributed by atoms with van der Waals surface area (Å²) in [5.74, 6) is 0.934. The Bertz CT molecular complexity index is 511. The van der Waals surface area contributed by atoms with Crippen LogP contribution in [0, 0.1) is 5.92 Å². The molecule has 126 valence electrons. The van der Waals surface area contributed by atoms with Crippen molar-refractivity contribution in [1.82, 2.24) is 14.7 Å². The molecular weight excluding hydrogens is 286 g/mol. The molecule has 0 saturated carbocycles. The summed E-state index contributed by atoms with van der Waals surface area (Å²) in [6, 6.07) is 11.4. The number of carbonyl (C=O) groups excluding carboxylic acids is 1. The normalized spacial score (nSPS) is 26.6. The van der Waals surface area contributed by atoms with E-state index in [1.165, 1.54) is 18.7 Å². The molecular formula is C19H29N3O. The predicted molar refractivity (Wildman–Crippen MR) is 93.4 cm³/mol. The van der Waals surface area contributed by atoms with Gasteiger partial charge in [0, 0.05) is 58.8 Å². The number of piperazine rings is 1. The van der Waals surface area contributed by atoms with Crippen molar-refractivity contribution in [3.05, 3.63) is 35.9 Å². The number of hydrogen-bond donors (Lipinski definition) is 0. The van der Waals surface area contributed by atoms with Gasteiger partial charge in [-0.05, 0) is 17.9 Å². The van der Waals surface area contributed by atoms with Crippen molar-refractivity contribution in [3.63, 3.8) is 0 Å². The minimum atomic E-state index is 0.216. The summed E-state index contributed by atoms with van der Waals surface area (Å²) in [7, 11) is 0. The molecule has 0 N–H and O–H groups in total. The van der Waals surface area contributed by atoms with Gasteiger partial charge in [-0.15, -0.1) is 0 Å². The maximum atomic E-state index is 11.5. The van der Waals surface area contributed by atoms with Gasteiger partial charge in [-0.2, -0.15) is 0 Å². The second-order valence-corrected chi connectivity index (χ2v) is 7.08. The van der Waals surface area contributed by atoms with Crippen LogP contribution < -0.4 is 0 Å². The fourth-order valence-corrected chi connectivity index (χ4v) is 4.01. The Morgan fingerprint density at radius 3 is 2.43 bits per heavy atom. The van der Waals surface area contributed by atoms with Crippen LogP contribution in [0.5, 0.6) is 0 Å². The van der Waals surface area contributed by atoms with Gasteiger partial charge in [0.05, 0.1) is 0 Å². The van der Waals surface area contributed by atoms with Gasteiger partial charge in [-0.1, -0.05) is 37.3 Å². The molecule has 4 nitrogen and oxygen atoms in total. The maximum Gasteiger partial charge on any atom is 0.219 e. The Labute approximate surface area is 140 Å². The molecule has 2 unspecified atom stereocenters. The third-order valence-electron chi connectivity index (χ3n) is 5.44. The molecule has 4 heteroatoms. The molecule has 3 rings (SSSR count). The minimum absolute atomic E-state index is 0.216. The molecule has 0 bridgehead atoms. The largest absolute Gasteiger partial charge is 0.340 e. The standard InChI is InChI=1S/C19H29N3O/c1-16-14-20(9-8-18-6-4-3-5-7-18)15-19(16)22-12-10-21(11-13-22)17(2)23/h3-7,16,19H,8-15H2,1-2H3. The van der Waals surface area contributed by atoms with Gasteiger partial charge < -0.3 is 9.80 Å². The second-order valence-electron chi connectivity index (χ2n) is 7.08. The molecule has 0 aromatic heterocycles. The average molecular weight is 315 g/mol. The lowest BCUT2D eigenvalue weighted by Gasteiger charge is -2.39. The first-order chi connectivity index (χ1) is 11.1. The van der Waals surface area contributed by atoms with Crippen LogP contribution in [0.2, 0.25) is 0 Å². The highest BCUT2D eigenvalue weighted by Gasteiger charge is 2.35. The predicted octanol–water partition coefficient (Wildman–Crippen LogP) is 1.71. The number of hydrogen-bond acceptors (Lipinski definition) is 3. The van der Waals surface area contributed by atoms with Gasteiger partial charge in [-0.25, -0.2) is 0 Å². The van der Waals surface area contributed by atoms with Crippen molar-refractivity contribution < 1.29 is 4.79 Å². The second kappa shape index (κ2) is 7.45. The van der Waals surface area contributed by atoms with Crippen LogP contribution in [0.4, 0.5) is 0 Å². The number of rotatable bonds is 4. The summed E-state index contributed by atoms with van der Waals surface area (Å²) in [5.41, 5.74) is 1.43. The quantitative estimate of drug-likeness (QED) is 0.846. The zero-order valence-corrected chi connectivity index (χ0v) is 14.4. The van der Waals surface area contributed by atoms with Crippen molar-refractivity contribution in [2.75, 3.05) is 45.8 Å². The first kappa shape index (κ1) is 16.5. The summed E-state index contributed by atoms with van der Waals surface area (Å²) in [4.78, 5) is 18.7. The van der Waals surface area contributed by atoms with Gasteiger partial charge >= 0.3 is 0 Å². The molecule has 1 aromatic carbocycles. The van der Waals surface area contributed by atoms with Crippen LogP contribution in [0.15, 0.2) is 30.3 Å². The van der Waals surface area contributed by atoms with Crippen molar-refractivity contribution in [3.8, 4) is 0 Å². The Balaban J connectivity index is 1.48. The summed E-state index contributed by atoms with van der Waals surface area (Å²) in [6.07, 6.45) is 1.14. The lowest BCUT2D eigenvalue weighted by Crippen LogP contribution is -2.53. The van der Waals surface area contributed by atoms with E-state index in [9.17, 15) is 4.79 Å². The number of likely N-dealkylation sites (tertiary alicyclic amines) is 1. The smallest absolute Gasteiger partial charge is 0.219 e. The van der Waals surface area contributed by atoms with Gasteiger partial charge in [0.1, 0.15) is 0 Å². The fraction of sp³-hybridized carbons (Fsp3) is 0.632. The van der Waals surface area contributed by atoms with Crippen LogP contribution in [0.1, 0.15) is 19.4 Å². The third kappa shape index (κ3) is 4.12. The summed E-state index contributed by atoms with van der Waals surface area (Å²) in [6.45, 7) is 11.4. The lowest BCUT2D eigenvalue weighted by atomic mass is 10.0. The van der Waals surface area contributed by atoms with Gasteiger partial charge in [0.2, 0.25) is 5.91 Å². The van der Waals surface area contributed by atoms with Crippen LogP contribution in [0.25, 0.3) is 0 Å². The highest BCUT2D eigenvalue weighted by molar-refractivity contribution is 5.73. The Kier molecular flexibility index (Phi) is 5.34. The van der Waals surface area contributed by atoms with E-state index in [0.717, 1.165) is 45.1 Å². The molecule has 2 saturated heterocycles. The summed E-state index contributed by atoms with van der Waals surface area (Å²) >= 11 is 0. The van der Waals surface area contributed by atoms with Crippen LogP contribution >= 0.6 is 0 Å². The number of benzene rings is 1. The lowest BCUT2D eigenvalue weighted by molar-refractivity contribution is -0.130. The monoisotopic (exact) mass is 315 g/mol. The van der Waals surface area contributed by atoms with Crippen LogP contribution in [-0.4, -0.2) is 72.5 Å². The maximum absolute atomic E-state index is 11.5. The average Bonchev–Trinajstić information content (AvgIpc) is 2.95. The molecule has 23 heavy (non-hydrogen) atoms. The van der Waals surface area contributed by atoms with Crippen LogP contribution in [-0.2, 0) is 11.2 Å². The topological polar surface area (TPSA) is 26.8 Å². The molecule has 0 aliphatic carbocycles. The Morgan fingerprint density at radius 1 is 1.09 bits per heavy atom. The van der Waals surface area contributed by atoms with Gasteiger partial charge in [-0.3, -0.25) is 9.69 Å². The Hall–Kier alpha value is -1.39. The summed E-state index contributed by atoms with van der Waals surface area (Å²) in [5, 5.41) is 0. The van der Waals surface area contributed by atoms with E-state index in [-0.39, 0.29) is 5.91 Å². The molecule has 1 aromatic rings. The van der Waals surface area contributed by atoms with Crippen molar-refractivity contribution in [2.24, 2.45) is 5.92 Å². The van der Waals surface area contributed by atoms with Gasteiger partial charge in [0.25, 0.3) is 0 Å². The van der Waals surface area contributed by atoms with Crippen molar-refractivity contribution in [1.29, 1.82) is 0 Å². The number of nitrogens with zero attached hydrogens (tertiary/aromatic N) is 3. The van der Waals surface area contributed by atoms with E-state index < -0.39 is 0 Å². The molecule has 2 fully saturated rings. The zero-order chi connectivity index (χ0) is 16.2. The first-order valence-electron chi connectivity index (χ1n) is 8.89. The van der Waals surface area contributed by atoms with E-state index in [4.69, 9.17) is 0 Å². The van der Waals surface area contributed by atoms with Crippen LogP contribution in [0.3, 0.4) is 0 Å². The Morgan fingerprint density at radius 2 is 1.78 bits per heavy atom. The molecule has 2 aliphatic rings. The highest BCUT2D eigenvalue weighted by Crippen LogP contribution is 2.23. The molecule has 2 atom stereocenters. The van der Waals surface area contributed by atoms with Crippen molar-refractivity contribution in [2.45, 2.75) is 26.3 Å². The zero-order valence-electron chi connectivity index (χ0n) is 14.4. The molecule has 1 amide bonds. The molecule has 2 aliphatic heterocycles. The minimum Gasteiger partial charge on any atom is -0.340 e. The first-order valence-corrected chi connectivity index (χ1v) is 8.89. The SMILES string of the molecule is CC(=O)N1CCN(C2CN(CCc3ccccc3)CC2C)CC1. The van der Waals surface area contributed by atoms with E-state index in [2.05, 4.69) is 47.1 Å². The molecule has 0 spiro atoms. The third-order valence-corrected chi connectivity index (χ3v) is 5.44. The van der Waals surface area contributed by atoms with Crippen molar-refractivity contribution >= 4 is 5.91 Å².